The van der Waals surface area contributed by atoms with Crippen LogP contribution in [0, 0.1) is 11.8 Å². The van der Waals surface area contributed by atoms with Gasteiger partial charge in [-0.15, -0.1) is 0 Å². The van der Waals surface area contributed by atoms with E-state index in [9.17, 15) is 4.79 Å². The minimum atomic E-state index is 0.234. The second-order valence-electron chi connectivity index (χ2n) is 6.74. The number of carbonyl (C=O) groups excluding carboxylic acids is 1. The number of fused-ring (bicyclic) bond motifs is 1. The molecule has 1 amide bonds. The average Bonchev–Trinajstić information content (AvgIpc) is 2.53. The zero-order valence-corrected chi connectivity index (χ0v) is 13.2. The summed E-state index contributed by atoms with van der Waals surface area (Å²) in [5.74, 6) is 1.74. The fourth-order valence-electron chi connectivity index (χ4n) is 3.65. The third kappa shape index (κ3) is 2.92. The van der Waals surface area contributed by atoms with Crippen LogP contribution in [0.5, 0.6) is 0 Å². The van der Waals surface area contributed by atoms with Crippen LogP contribution in [0.1, 0.15) is 49.0 Å². The smallest absolute Gasteiger partial charge is 0.254 e. The maximum atomic E-state index is 12.8. The van der Waals surface area contributed by atoms with Crippen molar-refractivity contribution < 1.29 is 4.79 Å². The third-order valence-corrected chi connectivity index (χ3v) is 5.10. The lowest BCUT2D eigenvalue weighted by atomic mass is 9.86. The fourth-order valence-corrected chi connectivity index (χ4v) is 3.65. The molecule has 1 fully saturated rings. The molecule has 1 N–H and O–H groups in total. The van der Waals surface area contributed by atoms with Gasteiger partial charge in [0, 0.05) is 30.9 Å². The summed E-state index contributed by atoms with van der Waals surface area (Å²) in [6.07, 6.45) is 4.44. The standard InChI is InChI=1S/C18H26N2O/c1-13(2)14-8-11-20(12-9-14)18(21)16-5-3-7-17-15(16)6-4-10-19-17/h3,5,7,13-14,19H,4,6,8-12H2,1-2H3. The van der Waals surface area contributed by atoms with Gasteiger partial charge in [0.1, 0.15) is 0 Å². The number of hydrogen-bond acceptors (Lipinski definition) is 2. The molecule has 0 aliphatic carbocycles. The molecule has 2 aliphatic rings. The Kier molecular flexibility index (Phi) is 4.18. The number of piperidine rings is 1. The molecule has 1 aromatic rings. The number of anilines is 1. The van der Waals surface area contributed by atoms with E-state index in [1.807, 2.05) is 12.1 Å². The van der Waals surface area contributed by atoms with Crippen molar-refractivity contribution in [3.63, 3.8) is 0 Å². The summed E-state index contributed by atoms with van der Waals surface area (Å²) < 4.78 is 0. The predicted molar refractivity (Wildman–Crippen MR) is 86.7 cm³/mol. The Bertz CT molecular complexity index is 516. The van der Waals surface area contributed by atoms with Gasteiger partial charge >= 0.3 is 0 Å². The van der Waals surface area contributed by atoms with Crippen LogP contribution >= 0.6 is 0 Å². The lowest BCUT2D eigenvalue weighted by molar-refractivity contribution is 0.0666. The minimum absolute atomic E-state index is 0.234. The monoisotopic (exact) mass is 286 g/mol. The quantitative estimate of drug-likeness (QED) is 0.901. The molecule has 3 rings (SSSR count). The number of nitrogens with one attached hydrogen (secondary N) is 1. The van der Waals surface area contributed by atoms with Crippen molar-refractivity contribution in [2.45, 2.75) is 39.5 Å². The van der Waals surface area contributed by atoms with Crippen LogP contribution < -0.4 is 5.32 Å². The maximum absolute atomic E-state index is 12.8. The van der Waals surface area contributed by atoms with Crippen molar-refractivity contribution in [3.8, 4) is 0 Å². The highest BCUT2D eigenvalue weighted by Crippen LogP contribution is 2.29. The van der Waals surface area contributed by atoms with Crippen molar-refractivity contribution in [1.82, 2.24) is 4.90 Å². The summed E-state index contributed by atoms with van der Waals surface area (Å²) >= 11 is 0. The first kappa shape index (κ1) is 14.4. The van der Waals surface area contributed by atoms with E-state index < -0.39 is 0 Å². The summed E-state index contributed by atoms with van der Waals surface area (Å²) in [5.41, 5.74) is 3.30. The topological polar surface area (TPSA) is 32.3 Å². The van der Waals surface area contributed by atoms with E-state index in [4.69, 9.17) is 0 Å². The normalized spacial score (nSPS) is 19.3. The second kappa shape index (κ2) is 6.08. The molecule has 0 atom stereocenters. The van der Waals surface area contributed by atoms with Crippen LogP contribution in [-0.2, 0) is 6.42 Å². The van der Waals surface area contributed by atoms with E-state index in [1.54, 1.807) is 0 Å². The molecule has 3 heteroatoms. The Morgan fingerprint density at radius 3 is 2.76 bits per heavy atom. The van der Waals surface area contributed by atoms with Gasteiger partial charge in [-0.05, 0) is 55.2 Å². The first-order valence-electron chi connectivity index (χ1n) is 8.32. The lowest BCUT2D eigenvalue weighted by Crippen LogP contribution is -2.40. The van der Waals surface area contributed by atoms with Crippen molar-refractivity contribution >= 4 is 11.6 Å². The second-order valence-corrected chi connectivity index (χ2v) is 6.74. The van der Waals surface area contributed by atoms with Gasteiger partial charge in [0.15, 0.2) is 0 Å². The molecule has 114 valence electrons. The summed E-state index contributed by atoms with van der Waals surface area (Å²) in [6, 6.07) is 6.10. The molecule has 0 bridgehead atoms. The average molecular weight is 286 g/mol. The molecule has 0 spiro atoms. The Hall–Kier alpha value is -1.51. The third-order valence-electron chi connectivity index (χ3n) is 5.10. The molecule has 0 radical (unpaired) electrons. The van der Waals surface area contributed by atoms with Gasteiger partial charge in [-0.25, -0.2) is 0 Å². The van der Waals surface area contributed by atoms with Crippen molar-refractivity contribution in [2.75, 3.05) is 25.0 Å². The number of rotatable bonds is 2. The van der Waals surface area contributed by atoms with Crippen molar-refractivity contribution in [2.24, 2.45) is 11.8 Å². The Labute approximate surface area is 127 Å². The molecule has 2 heterocycles. The van der Waals surface area contributed by atoms with Gasteiger partial charge in [-0.1, -0.05) is 19.9 Å². The molecule has 0 aromatic heterocycles. The van der Waals surface area contributed by atoms with Gasteiger partial charge in [0.05, 0.1) is 0 Å². The van der Waals surface area contributed by atoms with Gasteiger partial charge in [0.2, 0.25) is 0 Å². The highest BCUT2D eigenvalue weighted by molar-refractivity contribution is 5.97. The van der Waals surface area contributed by atoms with E-state index in [2.05, 4.69) is 30.1 Å². The molecule has 1 saturated heterocycles. The van der Waals surface area contributed by atoms with E-state index in [-0.39, 0.29) is 5.91 Å². The summed E-state index contributed by atoms with van der Waals surface area (Å²) in [5, 5.41) is 3.41. The Morgan fingerprint density at radius 1 is 1.29 bits per heavy atom. The summed E-state index contributed by atoms with van der Waals surface area (Å²) in [7, 11) is 0. The van der Waals surface area contributed by atoms with Crippen LogP contribution in [-0.4, -0.2) is 30.4 Å². The molecular weight excluding hydrogens is 260 g/mol. The minimum Gasteiger partial charge on any atom is -0.385 e. The van der Waals surface area contributed by atoms with Crippen molar-refractivity contribution in [3.05, 3.63) is 29.3 Å². The highest BCUT2D eigenvalue weighted by atomic mass is 16.2. The first-order chi connectivity index (χ1) is 10.2. The van der Waals surface area contributed by atoms with Crippen LogP contribution in [0.3, 0.4) is 0 Å². The van der Waals surface area contributed by atoms with Crippen molar-refractivity contribution in [1.29, 1.82) is 0 Å². The van der Waals surface area contributed by atoms with Gasteiger partial charge in [-0.3, -0.25) is 4.79 Å². The van der Waals surface area contributed by atoms with Crippen LogP contribution in [0.15, 0.2) is 18.2 Å². The number of hydrogen-bond donors (Lipinski definition) is 1. The Morgan fingerprint density at radius 2 is 2.05 bits per heavy atom. The Balaban J connectivity index is 1.75. The van der Waals surface area contributed by atoms with Gasteiger partial charge in [-0.2, -0.15) is 0 Å². The number of benzene rings is 1. The molecular formula is C18H26N2O. The molecule has 2 aliphatic heterocycles. The molecule has 3 nitrogen and oxygen atoms in total. The number of nitrogens with zero attached hydrogens (tertiary/aromatic N) is 1. The SMILES string of the molecule is CC(C)C1CCN(C(=O)c2cccc3c2CCCN3)CC1. The molecule has 0 saturated carbocycles. The van der Waals surface area contributed by atoms with Crippen LogP contribution in [0.25, 0.3) is 0 Å². The summed E-state index contributed by atoms with van der Waals surface area (Å²) in [6.45, 7) is 7.44. The maximum Gasteiger partial charge on any atom is 0.254 e. The fraction of sp³-hybridized carbons (Fsp3) is 0.611. The first-order valence-corrected chi connectivity index (χ1v) is 8.32. The highest BCUT2D eigenvalue weighted by Gasteiger charge is 2.27. The van der Waals surface area contributed by atoms with Crippen LogP contribution in [0.4, 0.5) is 5.69 Å². The largest absolute Gasteiger partial charge is 0.385 e. The lowest BCUT2D eigenvalue weighted by Gasteiger charge is -2.34. The van der Waals surface area contributed by atoms with E-state index in [0.29, 0.717) is 0 Å². The number of carbonyl (C=O) groups is 1. The zero-order valence-electron chi connectivity index (χ0n) is 13.2. The predicted octanol–water partition coefficient (Wildman–Crippen LogP) is 3.55. The number of likely N-dealkylation sites (tertiary alicyclic amines) is 1. The molecule has 21 heavy (non-hydrogen) atoms. The van der Waals surface area contributed by atoms with E-state index in [1.165, 1.54) is 5.56 Å². The van der Waals surface area contributed by atoms with Gasteiger partial charge in [0.25, 0.3) is 5.91 Å². The molecule has 1 aromatic carbocycles. The number of amides is 1. The zero-order chi connectivity index (χ0) is 14.8. The van der Waals surface area contributed by atoms with E-state index >= 15 is 0 Å². The van der Waals surface area contributed by atoms with Gasteiger partial charge < -0.3 is 10.2 Å². The summed E-state index contributed by atoms with van der Waals surface area (Å²) in [4.78, 5) is 14.9. The molecule has 0 unspecified atom stereocenters. The van der Waals surface area contributed by atoms with E-state index in [0.717, 1.165) is 68.4 Å². The van der Waals surface area contributed by atoms with Crippen LogP contribution in [0.2, 0.25) is 0 Å².